The van der Waals surface area contributed by atoms with Crippen LogP contribution < -0.4 is 16.2 Å². The Hall–Kier alpha value is -3.84. The van der Waals surface area contributed by atoms with E-state index in [9.17, 15) is 10.1 Å². The quantitative estimate of drug-likeness (QED) is 0.527. The summed E-state index contributed by atoms with van der Waals surface area (Å²) in [5.74, 6) is 1.20. The van der Waals surface area contributed by atoms with E-state index in [1.165, 1.54) is 6.33 Å². The second-order valence-corrected chi connectivity index (χ2v) is 7.09. The van der Waals surface area contributed by atoms with Crippen LogP contribution in [0, 0.1) is 11.3 Å². The summed E-state index contributed by atoms with van der Waals surface area (Å²) in [5, 5.41) is 14.4. The van der Waals surface area contributed by atoms with Crippen molar-refractivity contribution in [1.29, 1.82) is 5.26 Å². The average molecular weight is 433 g/mol. The van der Waals surface area contributed by atoms with Crippen LogP contribution in [0.3, 0.4) is 0 Å². The zero-order chi connectivity index (χ0) is 20.7. The lowest BCUT2D eigenvalue weighted by molar-refractivity contribution is 0.600. The van der Waals surface area contributed by atoms with Crippen molar-refractivity contribution in [2.45, 2.75) is 18.9 Å². The van der Waals surface area contributed by atoms with Crippen molar-refractivity contribution in [2.24, 2.45) is 0 Å². The highest BCUT2D eigenvalue weighted by Gasteiger charge is 2.34. The second-order valence-electron chi connectivity index (χ2n) is 7.09. The lowest BCUT2D eigenvalue weighted by Gasteiger charge is -2.27. The van der Waals surface area contributed by atoms with Crippen molar-refractivity contribution >= 4 is 30.6 Å². The zero-order valence-corrected chi connectivity index (χ0v) is 17.5. The molecule has 1 fully saturated rings. The molecule has 0 saturated carbocycles. The summed E-state index contributed by atoms with van der Waals surface area (Å²) in [4.78, 5) is 23.6. The Morgan fingerprint density at radius 2 is 1.94 bits per heavy atom. The van der Waals surface area contributed by atoms with Gasteiger partial charge in [0.15, 0.2) is 11.6 Å². The molecule has 3 aromatic heterocycles. The number of nitrogens with two attached hydrogens (primary N) is 1. The Morgan fingerprint density at radius 3 is 2.71 bits per heavy atom. The van der Waals surface area contributed by atoms with Gasteiger partial charge >= 0.3 is 0 Å². The third-order valence-corrected chi connectivity index (χ3v) is 5.40. The molecule has 0 spiro atoms. The van der Waals surface area contributed by atoms with Crippen molar-refractivity contribution < 1.29 is 0 Å². The van der Waals surface area contributed by atoms with Crippen LogP contribution in [0.25, 0.3) is 11.2 Å². The molecule has 10 heteroatoms. The predicted molar refractivity (Wildman–Crippen MR) is 122 cm³/mol. The highest BCUT2D eigenvalue weighted by molar-refractivity contribution is 7.59. The number of fused-ring (bicyclic) bond motifs is 1. The number of hydrogen-bond acceptors (Lipinski definition) is 7. The van der Waals surface area contributed by atoms with Gasteiger partial charge in [-0.2, -0.15) is 23.9 Å². The average Bonchev–Trinajstić information content (AvgIpc) is 3.43. The van der Waals surface area contributed by atoms with Crippen LogP contribution in [0.4, 0.5) is 11.6 Å². The highest BCUT2D eigenvalue weighted by atomic mass is 32.1. The van der Waals surface area contributed by atoms with Crippen LogP contribution in [0.15, 0.2) is 59.8 Å². The molecule has 31 heavy (non-hydrogen) atoms. The molecule has 1 aliphatic heterocycles. The van der Waals surface area contributed by atoms with E-state index in [1.807, 2.05) is 35.2 Å². The molecule has 1 aliphatic rings. The van der Waals surface area contributed by atoms with Gasteiger partial charge in [-0.05, 0) is 37.1 Å². The molecule has 0 aliphatic carbocycles. The number of nitriles is 1. The molecule has 9 nitrogen and oxygen atoms in total. The molecule has 1 atom stereocenters. The van der Waals surface area contributed by atoms with Crippen molar-refractivity contribution in [3.05, 3.63) is 76.7 Å². The van der Waals surface area contributed by atoms with Gasteiger partial charge in [0, 0.05) is 12.7 Å². The number of para-hydroxylation sites is 1. The van der Waals surface area contributed by atoms with Crippen LogP contribution >= 0.6 is 13.5 Å². The number of nitrogen functional groups attached to an aromatic ring is 1. The Kier molecular flexibility index (Phi) is 5.35. The van der Waals surface area contributed by atoms with E-state index in [4.69, 9.17) is 10.8 Å². The molecule has 1 aromatic carbocycles. The number of benzene rings is 1. The molecule has 4 heterocycles. The summed E-state index contributed by atoms with van der Waals surface area (Å²) < 4.78 is 3.25. The molecule has 0 amide bonds. The van der Waals surface area contributed by atoms with Gasteiger partial charge in [0.25, 0.3) is 5.56 Å². The van der Waals surface area contributed by atoms with Gasteiger partial charge in [-0.3, -0.25) is 9.36 Å². The fourth-order valence-corrected chi connectivity index (χ4v) is 4.05. The summed E-state index contributed by atoms with van der Waals surface area (Å²) in [6, 6.07) is 14.9. The number of aromatic nitrogens is 5. The Labute approximate surface area is 184 Å². The van der Waals surface area contributed by atoms with E-state index >= 15 is 0 Å². The minimum Gasteiger partial charge on any atom is -0.382 e. The first-order valence-corrected chi connectivity index (χ1v) is 9.62. The molecule has 0 bridgehead atoms. The lowest BCUT2D eigenvalue weighted by atomic mass is 10.1. The summed E-state index contributed by atoms with van der Waals surface area (Å²) in [6.07, 6.45) is 4.75. The van der Waals surface area contributed by atoms with Gasteiger partial charge in [-0.25, -0.2) is 14.5 Å². The van der Waals surface area contributed by atoms with Crippen molar-refractivity contribution in [3.8, 4) is 11.8 Å². The van der Waals surface area contributed by atoms with Gasteiger partial charge < -0.3 is 10.6 Å². The molecule has 1 saturated heterocycles. The molecule has 2 N–H and O–H groups in total. The van der Waals surface area contributed by atoms with E-state index in [0.29, 0.717) is 23.7 Å². The monoisotopic (exact) mass is 432 g/mol. The van der Waals surface area contributed by atoms with Gasteiger partial charge in [0.2, 0.25) is 0 Å². The standard InChI is InChI=1S/C21H18N8O.H2S/c22-12-15-18(23)24-13-25-19(15)27-10-4-8-16(27)20-26-28-11-5-9-17(28)21(30)29(20)14-6-2-1-3-7-14;/h1-3,5-7,9,11,13,16H,4,8,10H2,(H2,23,24,25);1H2/t16-;/m0./s1. The van der Waals surface area contributed by atoms with Crippen molar-refractivity contribution in [1.82, 2.24) is 24.1 Å². The summed E-state index contributed by atoms with van der Waals surface area (Å²) >= 11 is 0. The zero-order valence-electron chi connectivity index (χ0n) is 16.5. The molecule has 0 unspecified atom stereocenters. The van der Waals surface area contributed by atoms with Crippen LogP contribution in [-0.2, 0) is 0 Å². The molecule has 4 aromatic rings. The topological polar surface area (TPSA) is 118 Å². The Bertz CT molecular complexity index is 1340. The summed E-state index contributed by atoms with van der Waals surface area (Å²) in [6.45, 7) is 0.671. The third kappa shape index (κ3) is 3.29. The smallest absolute Gasteiger partial charge is 0.282 e. The van der Waals surface area contributed by atoms with Gasteiger partial charge in [-0.15, -0.1) is 0 Å². The minimum atomic E-state index is -0.244. The van der Waals surface area contributed by atoms with Crippen LogP contribution in [0.1, 0.15) is 30.3 Å². The summed E-state index contributed by atoms with van der Waals surface area (Å²) in [7, 11) is 0. The fraction of sp³-hybridized carbons (Fsp3) is 0.190. The molecule has 156 valence electrons. The number of hydrogen-bond donors (Lipinski definition) is 1. The van der Waals surface area contributed by atoms with E-state index in [2.05, 4.69) is 16.0 Å². The molecule has 5 rings (SSSR count). The Balaban J connectivity index is 0.00000231. The molecule has 0 radical (unpaired) electrons. The first-order chi connectivity index (χ1) is 14.7. The minimum absolute atomic E-state index is 0. The number of nitrogens with zero attached hydrogens (tertiary/aromatic N) is 7. The maximum atomic E-state index is 13.4. The normalized spacial score (nSPS) is 15.6. The predicted octanol–water partition coefficient (Wildman–Crippen LogP) is 2.18. The highest BCUT2D eigenvalue weighted by Crippen LogP contribution is 2.36. The van der Waals surface area contributed by atoms with Crippen LogP contribution in [0.2, 0.25) is 0 Å². The van der Waals surface area contributed by atoms with Crippen molar-refractivity contribution in [3.63, 3.8) is 0 Å². The van der Waals surface area contributed by atoms with E-state index < -0.39 is 0 Å². The maximum Gasteiger partial charge on any atom is 0.282 e. The first kappa shape index (κ1) is 20.4. The Morgan fingerprint density at radius 1 is 1.13 bits per heavy atom. The number of anilines is 2. The van der Waals surface area contributed by atoms with E-state index in [1.54, 1.807) is 27.4 Å². The molecular formula is C21H20N8OS. The lowest BCUT2D eigenvalue weighted by Crippen LogP contribution is -2.33. The van der Waals surface area contributed by atoms with Crippen LogP contribution in [0.5, 0.6) is 0 Å². The SMILES string of the molecule is N#Cc1c(N)ncnc1N1CCC[C@H]1c1nn2cccc2c(=O)n1-c1ccccc1.S. The first-order valence-electron chi connectivity index (χ1n) is 9.62. The summed E-state index contributed by atoms with van der Waals surface area (Å²) in [5.41, 5.74) is 7.24. The van der Waals surface area contributed by atoms with Gasteiger partial charge in [-0.1, -0.05) is 18.2 Å². The van der Waals surface area contributed by atoms with Gasteiger partial charge in [0.1, 0.15) is 29.3 Å². The second kappa shape index (κ2) is 8.12. The maximum absolute atomic E-state index is 13.4. The van der Waals surface area contributed by atoms with Crippen LogP contribution in [-0.4, -0.2) is 30.7 Å². The number of rotatable bonds is 3. The fourth-order valence-electron chi connectivity index (χ4n) is 4.05. The van der Waals surface area contributed by atoms with E-state index in [-0.39, 0.29) is 36.5 Å². The van der Waals surface area contributed by atoms with Gasteiger partial charge in [0.05, 0.1) is 11.7 Å². The molecular weight excluding hydrogens is 412 g/mol. The van der Waals surface area contributed by atoms with Crippen molar-refractivity contribution in [2.75, 3.05) is 17.2 Å². The largest absolute Gasteiger partial charge is 0.382 e. The third-order valence-electron chi connectivity index (χ3n) is 5.40. The van der Waals surface area contributed by atoms with E-state index in [0.717, 1.165) is 18.5 Å².